The van der Waals surface area contributed by atoms with Crippen molar-refractivity contribution in [3.05, 3.63) is 54.2 Å². The number of rotatable bonds is 6. The highest BCUT2D eigenvalue weighted by atomic mass is 16.5. The van der Waals surface area contributed by atoms with E-state index in [1.165, 1.54) is 0 Å². The normalized spacial score (nSPS) is 14.8. The number of amidine groups is 1. The zero-order valence-electron chi connectivity index (χ0n) is 15.8. The molecule has 29 heavy (non-hydrogen) atoms. The van der Waals surface area contributed by atoms with Gasteiger partial charge in [-0.1, -0.05) is 34.6 Å². The molecule has 1 aromatic carbocycles. The molecule has 0 bridgehead atoms. The molecule has 5 rings (SSSR count). The van der Waals surface area contributed by atoms with Crippen molar-refractivity contribution >= 4 is 5.84 Å². The predicted octanol–water partition coefficient (Wildman–Crippen LogP) is 1.74. The van der Waals surface area contributed by atoms with Gasteiger partial charge >= 0.3 is 0 Å². The van der Waals surface area contributed by atoms with Crippen LogP contribution in [-0.2, 0) is 19.0 Å². The highest BCUT2D eigenvalue weighted by Gasteiger charge is 2.52. The Morgan fingerprint density at radius 2 is 2.03 bits per heavy atom. The quantitative estimate of drug-likeness (QED) is 0.378. The summed E-state index contributed by atoms with van der Waals surface area (Å²) in [5.41, 5.74) is 8.74. The summed E-state index contributed by atoms with van der Waals surface area (Å²) in [7, 11) is 1.87. The molecule has 0 spiro atoms. The molecule has 0 saturated heterocycles. The molecular weight excluding hydrogens is 370 g/mol. The average molecular weight is 389 g/mol. The van der Waals surface area contributed by atoms with Crippen LogP contribution in [0.1, 0.15) is 24.3 Å². The number of hydrogen-bond donors (Lipinski definition) is 2. The van der Waals surface area contributed by atoms with Crippen LogP contribution in [0.2, 0.25) is 0 Å². The molecule has 10 nitrogen and oxygen atoms in total. The zero-order valence-corrected chi connectivity index (χ0v) is 15.8. The van der Waals surface area contributed by atoms with Gasteiger partial charge < -0.3 is 10.3 Å². The summed E-state index contributed by atoms with van der Waals surface area (Å²) in [5.74, 6) is 1.01. The molecule has 3 aromatic heterocycles. The summed E-state index contributed by atoms with van der Waals surface area (Å²) in [6.07, 6.45) is 5.19. The van der Waals surface area contributed by atoms with Crippen molar-refractivity contribution in [1.29, 1.82) is 5.41 Å². The van der Waals surface area contributed by atoms with Crippen molar-refractivity contribution in [2.24, 2.45) is 12.8 Å². The molecule has 0 unspecified atom stereocenters. The van der Waals surface area contributed by atoms with Crippen LogP contribution in [0.4, 0.5) is 0 Å². The van der Waals surface area contributed by atoms with Crippen molar-refractivity contribution in [3.63, 3.8) is 0 Å². The summed E-state index contributed by atoms with van der Waals surface area (Å²) in [6.45, 7) is 0.593. The number of nitrogens with zero attached hydrogens (tertiary/aromatic N) is 7. The Hall–Kier alpha value is -3.82. The second-order valence-corrected chi connectivity index (χ2v) is 7.26. The Bertz CT molecular complexity index is 1180. The van der Waals surface area contributed by atoms with Gasteiger partial charge in [-0.2, -0.15) is 10.1 Å². The number of nitrogens with one attached hydrogen (secondary N) is 1. The standard InChI is InChI=1S/C19H19N9O/c1-27-15(6-9-22-27)14-11-28(26-24-14)10-12-2-4-13(5-3-12)16-23-18(29-25-16)19(7-8-19)17(20)21/h2-6,9,11H,7-8,10H2,1H3,(H3,20,21). The van der Waals surface area contributed by atoms with E-state index >= 15 is 0 Å². The topological polar surface area (TPSA) is 137 Å². The van der Waals surface area contributed by atoms with Gasteiger partial charge in [0.15, 0.2) is 0 Å². The molecular formula is C19H19N9O. The van der Waals surface area contributed by atoms with E-state index in [-0.39, 0.29) is 5.84 Å². The van der Waals surface area contributed by atoms with Gasteiger partial charge in [0.1, 0.15) is 16.9 Å². The third kappa shape index (κ3) is 2.98. The first-order valence-corrected chi connectivity index (χ1v) is 9.22. The minimum Gasteiger partial charge on any atom is -0.387 e. The molecule has 3 N–H and O–H groups in total. The summed E-state index contributed by atoms with van der Waals surface area (Å²) in [6, 6.07) is 9.77. The highest BCUT2D eigenvalue weighted by molar-refractivity contribution is 5.91. The minimum absolute atomic E-state index is 0.0846. The van der Waals surface area contributed by atoms with Crippen molar-refractivity contribution in [2.45, 2.75) is 24.8 Å². The lowest BCUT2D eigenvalue weighted by molar-refractivity contribution is 0.367. The summed E-state index contributed by atoms with van der Waals surface area (Å²) < 4.78 is 8.92. The van der Waals surface area contributed by atoms with Gasteiger partial charge in [0.2, 0.25) is 11.7 Å². The lowest BCUT2D eigenvalue weighted by Gasteiger charge is -2.05. The molecule has 1 aliphatic rings. The van der Waals surface area contributed by atoms with E-state index in [9.17, 15) is 0 Å². The molecule has 10 heteroatoms. The van der Waals surface area contributed by atoms with Crippen LogP contribution in [0.25, 0.3) is 22.8 Å². The van der Waals surface area contributed by atoms with Crippen molar-refractivity contribution in [1.82, 2.24) is 34.9 Å². The second kappa shape index (κ2) is 6.36. The Morgan fingerprint density at radius 1 is 1.24 bits per heavy atom. The van der Waals surface area contributed by atoms with Crippen LogP contribution >= 0.6 is 0 Å². The monoisotopic (exact) mass is 389 g/mol. The molecule has 0 atom stereocenters. The van der Waals surface area contributed by atoms with E-state index in [0.29, 0.717) is 18.3 Å². The number of aromatic nitrogens is 7. The van der Waals surface area contributed by atoms with E-state index in [0.717, 1.165) is 35.4 Å². The van der Waals surface area contributed by atoms with E-state index in [4.69, 9.17) is 15.7 Å². The molecule has 0 amide bonds. The summed E-state index contributed by atoms with van der Waals surface area (Å²) in [5, 5.41) is 24.4. The van der Waals surface area contributed by atoms with Crippen molar-refractivity contribution in [3.8, 4) is 22.8 Å². The Morgan fingerprint density at radius 3 is 2.69 bits per heavy atom. The van der Waals surface area contributed by atoms with Gasteiger partial charge in [-0.15, -0.1) is 5.10 Å². The van der Waals surface area contributed by atoms with Crippen LogP contribution in [-0.4, -0.2) is 40.8 Å². The Balaban J connectivity index is 1.31. The number of nitrogens with two attached hydrogens (primary N) is 1. The van der Waals surface area contributed by atoms with Crippen LogP contribution in [0, 0.1) is 5.41 Å². The maximum Gasteiger partial charge on any atom is 0.240 e. The first kappa shape index (κ1) is 17.3. The molecule has 1 aliphatic carbocycles. The van der Waals surface area contributed by atoms with Gasteiger partial charge in [0.25, 0.3) is 0 Å². The fourth-order valence-corrected chi connectivity index (χ4v) is 3.32. The zero-order chi connectivity index (χ0) is 20.0. The molecule has 1 fully saturated rings. The van der Waals surface area contributed by atoms with E-state index < -0.39 is 5.41 Å². The smallest absolute Gasteiger partial charge is 0.240 e. The average Bonchev–Trinajstić information content (AvgIpc) is 3.05. The third-order valence-electron chi connectivity index (χ3n) is 5.28. The maximum atomic E-state index is 7.74. The van der Waals surface area contributed by atoms with Crippen LogP contribution < -0.4 is 5.73 Å². The molecule has 146 valence electrons. The third-order valence-corrected chi connectivity index (χ3v) is 5.28. The second-order valence-electron chi connectivity index (χ2n) is 7.26. The van der Waals surface area contributed by atoms with Gasteiger partial charge in [-0.25, -0.2) is 4.68 Å². The Kier molecular flexibility index (Phi) is 3.79. The molecule has 4 aromatic rings. The van der Waals surface area contributed by atoms with Crippen LogP contribution in [0.3, 0.4) is 0 Å². The molecule has 0 aliphatic heterocycles. The van der Waals surface area contributed by atoms with Crippen molar-refractivity contribution in [2.75, 3.05) is 0 Å². The lowest BCUT2D eigenvalue weighted by atomic mass is 10.1. The first-order chi connectivity index (χ1) is 14.0. The van der Waals surface area contributed by atoms with Crippen LogP contribution in [0.5, 0.6) is 0 Å². The van der Waals surface area contributed by atoms with E-state index in [1.807, 2.05) is 43.6 Å². The van der Waals surface area contributed by atoms with Gasteiger partial charge in [-0.05, 0) is 24.5 Å². The van der Waals surface area contributed by atoms with Gasteiger partial charge in [0, 0.05) is 18.8 Å². The fraction of sp³-hybridized carbons (Fsp3) is 0.263. The van der Waals surface area contributed by atoms with E-state index in [2.05, 4.69) is 25.6 Å². The van der Waals surface area contributed by atoms with Crippen molar-refractivity contribution < 1.29 is 4.52 Å². The highest BCUT2D eigenvalue weighted by Crippen LogP contribution is 2.47. The predicted molar refractivity (Wildman–Crippen MR) is 104 cm³/mol. The fourth-order valence-electron chi connectivity index (χ4n) is 3.32. The number of aryl methyl sites for hydroxylation is 1. The van der Waals surface area contributed by atoms with E-state index in [1.54, 1.807) is 15.6 Å². The minimum atomic E-state index is -0.552. The Labute approximate surface area is 165 Å². The largest absolute Gasteiger partial charge is 0.387 e. The molecule has 3 heterocycles. The van der Waals surface area contributed by atoms with Crippen LogP contribution in [0.15, 0.2) is 47.2 Å². The number of hydrogen-bond acceptors (Lipinski definition) is 7. The van der Waals surface area contributed by atoms with Gasteiger partial charge in [0.05, 0.1) is 18.4 Å². The number of benzene rings is 1. The molecule has 0 radical (unpaired) electrons. The first-order valence-electron chi connectivity index (χ1n) is 9.22. The lowest BCUT2D eigenvalue weighted by Crippen LogP contribution is -2.27. The summed E-state index contributed by atoms with van der Waals surface area (Å²) in [4.78, 5) is 4.46. The molecule has 1 saturated carbocycles. The summed E-state index contributed by atoms with van der Waals surface area (Å²) >= 11 is 0. The SMILES string of the molecule is Cn1nccc1-c1cn(Cc2ccc(-c3noc(C4(C(=N)N)CC4)n3)cc2)nn1. The maximum absolute atomic E-state index is 7.74. The van der Waals surface area contributed by atoms with Gasteiger partial charge in [-0.3, -0.25) is 10.1 Å².